The Labute approximate surface area is 102 Å². The Balaban J connectivity index is 1.67. The molecular formula is C10H12N4S2. The van der Waals surface area contributed by atoms with Crippen molar-refractivity contribution in [3.63, 3.8) is 0 Å². The lowest BCUT2D eigenvalue weighted by Gasteiger charge is -1.94. The number of nitrogens with zero attached hydrogens (tertiary/aromatic N) is 3. The van der Waals surface area contributed by atoms with Gasteiger partial charge in [0.05, 0.1) is 6.42 Å². The third-order valence-corrected chi connectivity index (χ3v) is 4.00. The fourth-order valence-electron chi connectivity index (χ4n) is 1.41. The first-order valence-electron chi connectivity index (χ1n) is 5.30. The Kier molecular flexibility index (Phi) is 2.61. The first-order valence-corrected chi connectivity index (χ1v) is 6.95. The average molecular weight is 252 g/mol. The minimum atomic E-state index is 0.642. The van der Waals surface area contributed by atoms with Gasteiger partial charge < -0.3 is 5.32 Å². The van der Waals surface area contributed by atoms with Crippen LogP contribution in [0.2, 0.25) is 0 Å². The van der Waals surface area contributed by atoms with Crippen molar-refractivity contribution >= 4 is 28.0 Å². The zero-order valence-corrected chi connectivity index (χ0v) is 10.6. The van der Waals surface area contributed by atoms with E-state index < -0.39 is 0 Å². The molecule has 16 heavy (non-hydrogen) atoms. The lowest BCUT2D eigenvalue weighted by atomic mass is 10.4. The van der Waals surface area contributed by atoms with Crippen molar-refractivity contribution in [2.24, 2.45) is 0 Å². The van der Waals surface area contributed by atoms with Crippen LogP contribution in [0.4, 0.5) is 5.13 Å². The van der Waals surface area contributed by atoms with Crippen LogP contribution < -0.4 is 5.32 Å². The monoisotopic (exact) mass is 252 g/mol. The van der Waals surface area contributed by atoms with Gasteiger partial charge in [-0.3, -0.25) is 0 Å². The molecule has 0 spiro atoms. The Morgan fingerprint density at radius 2 is 2.31 bits per heavy atom. The van der Waals surface area contributed by atoms with Gasteiger partial charge in [0.2, 0.25) is 5.13 Å². The Bertz CT molecular complexity index is 486. The molecule has 1 N–H and O–H groups in total. The Hall–Kier alpha value is -1.01. The quantitative estimate of drug-likeness (QED) is 0.908. The van der Waals surface area contributed by atoms with Crippen LogP contribution in [0.5, 0.6) is 0 Å². The minimum absolute atomic E-state index is 0.642. The molecule has 84 valence electrons. The van der Waals surface area contributed by atoms with E-state index in [9.17, 15) is 0 Å². The van der Waals surface area contributed by atoms with E-state index >= 15 is 0 Å². The lowest BCUT2D eigenvalue weighted by Crippen LogP contribution is -2.00. The molecule has 1 aliphatic rings. The van der Waals surface area contributed by atoms with Gasteiger partial charge in [-0.1, -0.05) is 0 Å². The third-order valence-electron chi connectivity index (χ3n) is 2.35. The van der Waals surface area contributed by atoms with Crippen LogP contribution in [0.3, 0.4) is 0 Å². The standard InChI is InChI=1S/C10H12N4S2/c1-6-5-15-9(11-6)4-8-13-10(16-14-8)12-7-2-3-7/h5,7H,2-4H2,1H3,(H,12,13,14). The zero-order valence-electron chi connectivity index (χ0n) is 8.93. The largest absolute Gasteiger partial charge is 0.358 e. The maximum absolute atomic E-state index is 4.46. The highest BCUT2D eigenvalue weighted by molar-refractivity contribution is 7.10. The van der Waals surface area contributed by atoms with Gasteiger partial charge in [-0.25, -0.2) is 9.97 Å². The van der Waals surface area contributed by atoms with Crippen molar-refractivity contribution < 1.29 is 0 Å². The third kappa shape index (κ3) is 2.38. The summed E-state index contributed by atoms with van der Waals surface area (Å²) in [6, 6.07) is 0.642. The molecule has 1 aliphatic carbocycles. The zero-order chi connectivity index (χ0) is 11.0. The van der Waals surface area contributed by atoms with Crippen LogP contribution in [0.25, 0.3) is 0 Å². The molecule has 2 aromatic heterocycles. The molecule has 2 heterocycles. The van der Waals surface area contributed by atoms with Crippen molar-refractivity contribution in [1.29, 1.82) is 0 Å². The highest BCUT2D eigenvalue weighted by Gasteiger charge is 2.22. The molecular weight excluding hydrogens is 240 g/mol. The van der Waals surface area contributed by atoms with Gasteiger partial charge in [-0.15, -0.1) is 11.3 Å². The van der Waals surface area contributed by atoms with E-state index in [1.807, 2.05) is 6.92 Å². The predicted octanol–water partition coefficient (Wildman–Crippen LogP) is 2.47. The number of rotatable bonds is 4. The van der Waals surface area contributed by atoms with Crippen molar-refractivity contribution in [3.8, 4) is 0 Å². The summed E-state index contributed by atoms with van der Waals surface area (Å²) in [5.74, 6) is 0.877. The molecule has 1 saturated carbocycles. The van der Waals surface area contributed by atoms with Gasteiger partial charge in [0.1, 0.15) is 5.01 Å². The van der Waals surface area contributed by atoms with E-state index in [4.69, 9.17) is 0 Å². The highest BCUT2D eigenvalue weighted by atomic mass is 32.1. The molecule has 6 heteroatoms. The Morgan fingerprint density at radius 3 is 3.00 bits per heavy atom. The first kappa shape index (κ1) is 10.2. The molecule has 0 unspecified atom stereocenters. The minimum Gasteiger partial charge on any atom is -0.358 e. The van der Waals surface area contributed by atoms with E-state index in [-0.39, 0.29) is 0 Å². The van der Waals surface area contributed by atoms with Gasteiger partial charge in [0, 0.05) is 28.6 Å². The second-order valence-electron chi connectivity index (χ2n) is 3.99. The molecule has 3 rings (SSSR count). The van der Waals surface area contributed by atoms with E-state index in [1.165, 1.54) is 24.4 Å². The van der Waals surface area contributed by atoms with Gasteiger partial charge >= 0.3 is 0 Å². The van der Waals surface area contributed by atoms with Gasteiger partial charge in [0.15, 0.2) is 5.82 Å². The van der Waals surface area contributed by atoms with E-state index in [2.05, 4.69) is 25.0 Å². The molecule has 0 atom stereocenters. The van der Waals surface area contributed by atoms with Gasteiger partial charge in [-0.05, 0) is 19.8 Å². The summed E-state index contributed by atoms with van der Waals surface area (Å²) in [6.45, 7) is 2.01. The van der Waals surface area contributed by atoms with Gasteiger partial charge in [0.25, 0.3) is 0 Å². The van der Waals surface area contributed by atoms with Gasteiger partial charge in [-0.2, -0.15) is 4.37 Å². The molecule has 0 radical (unpaired) electrons. The van der Waals surface area contributed by atoms with Crippen LogP contribution in [0, 0.1) is 6.92 Å². The highest BCUT2D eigenvalue weighted by Crippen LogP contribution is 2.25. The number of aryl methyl sites for hydroxylation is 1. The van der Waals surface area contributed by atoms with Crippen LogP contribution in [0.1, 0.15) is 29.4 Å². The molecule has 2 aromatic rings. The lowest BCUT2D eigenvalue weighted by molar-refractivity contribution is 1.00. The summed E-state index contributed by atoms with van der Waals surface area (Å²) >= 11 is 3.12. The summed E-state index contributed by atoms with van der Waals surface area (Å²) in [7, 11) is 0. The maximum atomic E-state index is 4.46. The van der Waals surface area contributed by atoms with Crippen molar-refractivity contribution in [2.75, 3.05) is 5.32 Å². The fourth-order valence-corrected chi connectivity index (χ4v) is 2.84. The number of nitrogens with one attached hydrogen (secondary N) is 1. The topological polar surface area (TPSA) is 50.7 Å². The number of anilines is 1. The molecule has 4 nitrogen and oxygen atoms in total. The summed E-state index contributed by atoms with van der Waals surface area (Å²) < 4.78 is 4.34. The molecule has 0 amide bonds. The second-order valence-corrected chi connectivity index (χ2v) is 5.69. The molecule has 0 aliphatic heterocycles. The van der Waals surface area contributed by atoms with Crippen LogP contribution in [-0.2, 0) is 6.42 Å². The normalized spacial score (nSPS) is 15.3. The predicted molar refractivity (Wildman–Crippen MR) is 66.2 cm³/mol. The second kappa shape index (κ2) is 4.10. The van der Waals surface area contributed by atoms with Crippen LogP contribution in [0.15, 0.2) is 5.38 Å². The number of hydrogen-bond acceptors (Lipinski definition) is 6. The summed E-state index contributed by atoms with van der Waals surface area (Å²) in [5.41, 5.74) is 1.08. The molecule has 0 saturated heterocycles. The summed E-state index contributed by atoms with van der Waals surface area (Å²) in [6.07, 6.45) is 3.28. The maximum Gasteiger partial charge on any atom is 0.202 e. The van der Waals surface area contributed by atoms with Crippen molar-refractivity contribution in [1.82, 2.24) is 14.3 Å². The number of thiazole rings is 1. The number of aromatic nitrogens is 3. The average Bonchev–Trinajstić information content (AvgIpc) is 2.80. The van der Waals surface area contributed by atoms with Crippen LogP contribution >= 0.6 is 22.9 Å². The van der Waals surface area contributed by atoms with Crippen molar-refractivity contribution in [2.45, 2.75) is 32.2 Å². The fraction of sp³-hybridized carbons (Fsp3) is 0.500. The van der Waals surface area contributed by atoms with Crippen molar-refractivity contribution in [3.05, 3.63) is 21.9 Å². The van der Waals surface area contributed by atoms with Crippen LogP contribution in [-0.4, -0.2) is 20.4 Å². The van der Waals surface area contributed by atoms with E-state index in [1.54, 1.807) is 11.3 Å². The summed E-state index contributed by atoms with van der Waals surface area (Å²) in [5, 5.41) is 7.46. The molecule has 0 bridgehead atoms. The Morgan fingerprint density at radius 1 is 1.44 bits per heavy atom. The van der Waals surface area contributed by atoms with E-state index in [0.29, 0.717) is 6.04 Å². The smallest absolute Gasteiger partial charge is 0.202 e. The molecule has 1 fully saturated rings. The number of hydrogen-bond donors (Lipinski definition) is 1. The SMILES string of the molecule is Cc1csc(Cc2nsc(NC3CC3)n2)n1. The first-order chi connectivity index (χ1) is 7.79. The summed E-state index contributed by atoms with van der Waals surface area (Å²) in [4.78, 5) is 8.87. The molecule has 0 aromatic carbocycles. The van der Waals surface area contributed by atoms with E-state index in [0.717, 1.165) is 28.1 Å².